The van der Waals surface area contributed by atoms with Crippen molar-refractivity contribution in [3.63, 3.8) is 0 Å². The van der Waals surface area contributed by atoms with Crippen LogP contribution in [0.25, 0.3) is 11.0 Å². The van der Waals surface area contributed by atoms with E-state index in [1.54, 1.807) is 48.3 Å². The average Bonchev–Trinajstić information content (AvgIpc) is 3.54. The summed E-state index contributed by atoms with van der Waals surface area (Å²) < 4.78 is 1.93. The lowest BCUT2D eigenvalue weighted by molar-refractivity contribution is -0.127. The molecule has 0 bridgehead atoms. The van der Waals surface area contributed by atoms with Crippen LogP contribution in [0.4, 0.5) is 11.6 Å². The van der Waals surface area contributed by atoms with E-state index in [1.165, 1.54) is 0 Å². The molecule has 0 unspecified atom stereocenters. The van der Waals surface area contributed by atoms with Crippen LogP contribution in [0.3, 0.4) is 0 Å². The van der Waals surface area contributed by atoms with Gasteiger partial charge in [-0.25, -0.2) is 4.98 Å². The molecule has 39 heavy (non-hydrogen) atoms. The van der Waals surface area contributed by atoms with Crippen molar-refractivity contribution in [1.82, 2.24) is 14.5 Å². The number of amides is 3. The average molecular weight is 524 g/mol. The molecule has 1 aliphatic heterocycles. The van der Waals surface area contributed by atoms with E-state index < -0.39 is 0 Å². The topological polar surface area (TPSA) is 105 Å². The summed E-state index contributed by atoms with van der Waals surface area (Å²) in [5.74, 6) is 0.0530. The number of nitrogens with one attached hydrogen (secondary N) is 1. The minimum atomic E-state index is -0.352. The zero-order valence-corrected chi connectivity index (χ0v) is 21.7. The second-order valence-electron chi connectivity index (χ2n) is 9.52. The number of imidazole rings is 1. The van der Waals surface area contributed by atoms with Gasteiger partial charge in [0.1, 0.15) is 6.29 Å². The maximum atomic E-state index is 13.0. The van der Waals surface area contributed by atoms with Gasteiger partial charge in [-0.15, -0.1) is 0 Å². The fourth-order valence-electron chi connectivity index (χ4n) is 4.79. The van der Waals surface area contributed by atoms with Gasteiger partial charge in [-0.1, -0.05) is 30.3 Å². The lowest BCUT2D eigenvalue weighted by Crippen LogP contribution is -2.26. The number of hydrogen-bond acceptors (Lipinski definition) is 5. The Balaban J connectivity index is 1.43. The van der Waals surface area contributed by atoms with Crippen LogP contribution in [0.15, 0.2) is 72.8 Å². The predicted octanol–water partition coefficient (Wildman–Crippen LogP) is 4.39. The maximum Gasteiger partial charge on any atom is 0.258 e. The second-order valence-corrected chi connectivity index (χ2v) is 9.52. The highest BCUT2D eigenvalue weighted by Gasteiger charge is 2.21. The first-order valence-electron chi connectivity index (χ1n) is 12.9. The third-order valence-electron chi connectivity index (χ3n) is 6.96. The molecule has 0 saturated carbocycles. The van der Waals surface area contributed by atoms with Gasteiger partial charge in [0.2, 0.25) is 11.9 Å². The van der Waals surface area contributed by atoms with E-state index in [4.69, 9.17) is 4.98 Å². The summed E-state index contributed by atoms with van der Waals surface area (Å²) in [6.07, 6.45) is 2.90. The van der Waals surface area contributed by atoms with Crippen molar-refractivity contribution >= 4 is 46.7 Å². The van der Waals surface area contributed by atoms with Gasteiger partial charge < -0.3 is 14.4 Å². The highest BCUT2D eigenvalue weighted by atomic mass is 16.2. The Kier molecular flexibility index (Phi) is 7.49. The van der Waals surface area contributed by atoms with E-state index in [0.29, 0.717) is 59.8 Å². The number of carbonyl (C=O) groups excluding carboxylic acids is 4. The molecule has 0 radical (unpaired) electrons. The van der Waals surface area contributed by atoms with Crippen molar-refractivity contribution in [3.8, 4) is 0 Å². The molecule has 9 nitrogen and oxygen atoms in total. The van der Waals surface area contributed by atoms with Crippen LogP contribution in [0.2, 0.25) is 0 Å². The van der Waals surface area contributed by atoms with Crippen molar-refractivity contribution in [2.24, 2.45) is 0 Å². The summed E-state index contributed by atoms with van der Waals surface area (Å²) in [5.41, 5.74) is 3.57. The number of anilines is 2. The monoisotopic (exact) mass is 523 g/mol. The van der Waals surface area contributed by atoms with Gasteiger partial charge in [0, 0.05) is 55.5 Å². The molecule has 0 atom stereocenters. The quantitative estimate of drug-likeness (QED) is 0.328. The van der Waals surface area contributed by atoms with Crippen molar-refractivity contribution in [3.05, 3.63) is 89.5 Å². The van der Waals surface area contributed by atoms with Gasteiger partial charge in [0.25, 0.3) is 11.8 Å². The lowest BCUT2D eigenvalue weighted by atomic mass is 10.1. The van der Waals surface area contributed by atoms with Crippen LogP contribution in [-0.4, -0.2) is 58.6 Å². The molecule has 198 valence electrons. The summed E-state index contributed by atoms with van der Waals surface area (Å²) in [6, 6.07) is 21.0. The first kappa shape index (κ1) is 25.8. The van der Waals surface area contributed by atoms with E-state index in [9.17, 15) is 19.2 Å². The number of benzene rings is 3. The zero-order valence-electron chi connectivity index (χ0n) is 21.7. The highest BCUT2D eigenvalue weighted by Crippen LogP contribution is 2.26. The molecular weight excluding hydrogens is 494 g/mol. The predicted molar refractivity (Wildman–Crippen MR) is 149 cm³/mol. The summed E-state index contributed by atoms with van der Waals surface area (Å²) in [6.45, 7) is 1.94. The molecule has 9 heteroatoms. The highest BCUT2D eigenvalue weighted by molar-refractivity contribution is 6.07. The summed E-state index contributed by atoms with van der Waals surface area (Å²) in [5, 5.41) is 2.90. The van der Waals surface area contributed by atoms with E-state index >= 15 is 0 Å². The van der Waals surface area contributed by atoms with Crippen LogP contribution >= 0.6 is 0 Å². The number of aryl methyl sites for hydroxylation is 1. The number of aromatic nitrogens is 2. The number of carbonyl (C=O) groups is 4. The number of nitrogens with zero attached hydrogens (tertiary/aromatic N) is 4. The maximum absolute atomic E-state index is 13.0. The van der Waals surface area contributed by atoms with Crippen molar-refractivity contribution in [2.75, 3.05) is 30.4 Å². The molecule has 1 aliphatic rings. The van der Waals surface area contributed by atoms with Gasteiger partial charge >= 0.3 is 0 Å². The number of rotatable bonds is 9. The summed E-state index contributed by atoms with van der Waals surface area (Å²) >= 11 is 0. The van der Waals surface area contributed by atoms with E-state index in [1.807, 2.05) is 45.9 Å². The fourth-order valence-corrected chi connectivity index (χ4v) is 4.79. The third-order valence-corrected chi connectivity index (χ3v) is 6.96. The molecule has 0 aliphatic carbocycles. The molecule has 1 aromatic heterocycles. The minimum Gasteiger partial charge on any atom is -0.343 e. The molecule has 4 aromatic rings. The standard InChI is InChI=1S/C30H29N5O4/c1-33(29(39)23-7-3-2-4-8-23)24-14-15-26-25(19-24)31-30(32-28(38)22-12-10-21(20-36)11-13-22)35(26)18-6-17-34-16-5-9-27(34)37/h2-4,7-8,10-15,19-20H,5-6,9,16-18H2,1H3,(H,31,32,38). The number of aldehydes is 1. The normalized spacial score (nSPS) is 13.1. The van der Waals surface area contributed by atoms with Crippen LogP contribution in [0, 0.1) is 0 Å². The molecule has 1 N–H and O–H groups in total. The first-order valence-corrected chi connectivity index (χ1v) is 12.9. The molecule has 5 rings (SSSR count). The van der Waals surface area contributed by atoms with Gasteiger partial charge in [-0.05, 0) is 55.3 Å². The molecule has 2 heterocycles. The molecule has 1 fully saturated rings. The molecule has 3 amide bonds. The number of likely N-dealkylation sites (tertiary alicyclic amines) is 1. The van der Waals surface area contributed by atoms with Crippen molar-refractivity contribution in [2.45, 2.75) is 25.8 Å². The largest absolute Gasteiger partial charge is 0.343 e. The summed E-state index contributed by atoms with van der Waals surface area (Å²) in [7, 11) is 1.71. The van der Waals surface area contributed by atoms with Crippen LogP contribution in [0.1, 0.15) is 50.3 Å². The van der Waals surface area contributed by atoms with E-state index in [2.05, 4.69) is 5.32 Å². The molecular formula is C30H29N5O4. The Morgan fingerprint density at radius 2 is 1.77 bits per heavy atom. The fraction of sp³-hybridized carbons (Fsp3) is 0.233. The van der Waals surface area contributed by atoms with Crippen molar-refractivity contribution in [1.29, 1.82) is 0 Å². The number of hydrogen-bond donors (Lipinski definition) is 1. The number of fused-ring (bicyclic) bond motifs is 1. The van der Waals surface area contributed by atoms with Gasteiger partial charge in [0.15, 0.2) is 0 Å². The summed E-state index contributed by atoms with van der Waals surface area (Å²) in [4.78, 5) is 57.2. The van der Waals surface area contributed by atoms with Crippen LogP contribution < -0.4 is 10.2 Å². The molecule has 1 saturated heterocycles. The minimum absolute atomic E-state index is 0.142. The Hall–Kier alpha value is -4.79. The van der Waals surface area contributed by atoms with E-state index in [-0.39, 0.29) is 17.7 Å². The Labute approximate surface area is 226 Å². The smallest absolute Gasteiger partial charge is 0.258 e. The van der Waals surface area contributed by atoms with E-state index in [0.717, 1.165) is 24.8 Å². The zero-order chi connectivity index (χ0) is 27.4. The van der Waals surface area contributed by atoms with Crippen LogP contribution in [0.5, 0.6) is 0 Å². The van der Waals surface area contributed by atoms with Crippen molar-refractivity contribution < 1.29 is 19.2 Å². The second kappa shape index (κ2) is 11.3. The first-order chi connectivity index (χ1) is 18.9. The van der Waals surface area contributed by atoms with Crippen LogP contribution in [-0.2, 0) is 11.3 Å². The Morgan fingerprint density at radius 3 is 2.46 bits per heavy atom. The van der Waals surface area contributed by atoms with Gasteiger partial charge in [0.05, 0.1) is 11.0 Å². The lowest BCUT2D eigenvalue weighted by Gasteiger charge is -2.18. The van der Waals surface area contributed by atoms with Gasteiger partial charge in [-0.2, -0.15) is 0 Å². The Morgan fingerprint density at radius 1 is 1.00 bits per heavy atom. The SMILES string of the molecule is CN(C(=O)c1ccccc1)c1ccc2c(c1)nc(NC(=O)c1ccc(C=O)cc1)n2CCCN1CCCC1=O. The Bertz CT molecular complexity index is 1530. The third kappa shape index (κ3) is 5.57. The van der Waals surface area contributed by atoms with Gasteiger partial charge in [-0.3, -0.25) is 24.5 Å². The molecule has 0 spiro atoms. The molecule has 3 aromatic carbocycles.